The summed E-state index contributed by atoms with van der Waals surface area (Å²) in [7, 11) is 0. The maximum absolute atomic E-state index is 13.7. The molecule has 0 saturated heterocycles. The molecule has 0 fully saturated rings. The highest BCUT2D eigenvalue weighted by Crippen LogP contribution is 2.34. The Hall–Kier alpha value is -2.80. The van der Waals surface area contributed by atoms with Gasteiger partial charge in [0.05, 0.1) is 22.3 Å². The van der Waals surface area contributed by atoms with Gasteiger partial charge in [-0.05, 0) is 71.4 Å². The largest absolute Gasteiger partial charge is 0.351 e. The molecular weight excluding hydrogens is 387 g/mol. The standard InChI is InChI=1S/C22H23FN4OS/c1-11-13(3)29-19-16(11)18-17(12(2)24-19)20(28)27(15-9-7-14(23)8-10-15)21(25-18)26-22(4,5)6/h7-10H,1-6H3,(H,25,26). The van der Waals surface area contributed by atoms with E-state index < -0.39 is 0 Å². The minimum atomic E-state index is -0.357. The zero-order valence-corrected chi connectivity index (χ0v) is 18.2. The van der Waals surface area contributed by atoms with E-state index in [4.69, 9.17) is 4.98 Å². The van der Waals surface area contributed by atoms with Gasteiger partial charge in [-0.1, -0.05) is 0 Å². The fourth-order valence-electron chi connectivity index (χ4n) is 3.45. The maximum Gasteiger partial charge on any atom is 0.269 e. The summed E-state index contributed by atoms with van der Waals surface area (Å²) in [5, 5.41) is 4.76. The summed E-state index contributed by atoms with van der Waals surface area (Å²) in [5.74, 6) is 0.0709. The second-order valence-electron chi connectivity index (χ2n) is 8.31. The van der Waals surface area contributed by atoms with Crippen LogP contribution in [0.5, 0.6) is 0 Å². The predicted octanol–water partition coefficient (Wildman–Crippen LogP) is 5.27. The fourth-order valence-corrected chi connectivity index (χ4v) is 4.53. The van der Waals surface area contributed by atoms with Gasteiger partial charge in [-0.3, -0.25) is 4.79 Å². The number of thiophene rings is 1. The molecule has 0 aliphatic carbocycles. The van der Waals surface area contributed by atoms with Crippen molar-refractivity contribution >= 4 is 38.4 Å². The van der Waals surface area contributed by atoms with Crippen molar-refractivity contribution in [1.29, 1.82) is 0 Å². The molecule has 0 amide bonds. The molecule has 3 aromatic heterocycles. The van der Waals surface area contributed by atoms with E-state index >= 15 is 0 Å². The van der Waals surface area contributed by atoms with Gasteiger partial charge in [-0.15, -0.1) is 11.3 Å². The molecule has 7 heteroatoms. The van der Waals surface area contributed by atoms with Crippen molar-refractivity contribution in [2.75, 3.05) is 5.32 Å². The SMILES string of the molecule is Cc1sc2nc(C)c3c(=O)n(-c4ccc(F)cc4)c(NC(C)(C)C)nc3c2c1C. The molecule has 0 aliphatic heterocycles. The minimum absolute atomic E-state index is 0.219. The summed E-state index contributed by atoms with van der Waals surface area (Å²) < 4.78 is 15.0. The van der Waals surface area contributed by atoms with E-state index in [9.17, 15) is 9.18 Å². The summed E-state index contributed by atoms with van der Waals surface area (Å²) in [6.07, 6.45) is 0. The zero-order valence-electron chi connectivity index (χ0n) is 17.3. The molecule has 4 rings (SSSR count). The Labute approximate surface area is 172 Å². The second kappa shape index (κ2) is 6.62. The highest BCUT2D eigenvalue weighted by atomic mass is 32.1. The van der Waals surface area contributed by atoms with Crippen molar-refractivity contribution in [2.24, 2.45) is 0 Å². The molecule has 0 atom stereocenters. The maximum atomic E-state index is 13.7. The van der Waals surface area contributed by atoms with E-state index in [1.165, 1.54) is 16.7 Å². The smallest absolute Gasteiger partial charge is 0.269 e. The monoisotopic (exact) mass is 410 g/mol. The van der Waals surface area contributed by atoms with Crippen LogP contribution < -0.4 is 10.9 Å². The molecule has 0 radical (unpaired) electrons. The normalized spacial score (nSPS) is 12.1. The first kappa shape index (κ1) is 19.5. The van der Waals surface area contributed by atoms with E-state index in [2.05, 4.69) is 17.2 Å². The third kappa shape index (κ3) is 3.29. The first-order valence-corrected chi connectivity index (χ1v) is 10.3. The molecule has 150 valence electrons. The van der Waals surface area contributed by atoms with Crippen molar-refractivity contribution in [2.45, 2.75) is 47.1 Å². The van der Waals surface area contributed by atoms with Crippen LogP contribution in [0.25, 0.3) is 26.8 Å². The summed E-state index contributed by atoms with van der Waals surface area (Å²) in [4.78, 5) is 25.3. The lowest BCUT2D eigenvalue weighted by molar-refractivity contribution is 0.619. The number of benzene rings is 1. The molecule has 0 bridgehead atoms. The molecular formula is C22H23FN4OS. The Morgan fingerprint density at radius 1 is 1.03 bits per heavy atom. The van der Waals surface area contributed by atoms with Gasteiger partial charge < -0.3 is 5.32 Å². The van der Waals surface area contributed by atoms with Crippen LogP contribution in [0.2, 0.25) is 0 Å². The van der Waals surface area contributed by atoms with E-state index in [0.717, 1.165) is 20.7 Å². The lowest BCUT2D eigenvalue weighted by Crippen LogP contribution is -2.32. The van der Waals surface area contributed by atoms with Crippen LogP contribution in [-0.4, -0.2) is 20.1 Å². The summed E-state index contributed by atoms with van der Waals surface area (Å²) in [6, 6.07) is 5.85. The molecule has 1 N–H and O–H groups in total. The van der Waals surface area contributed by atoms with Gasteiger partial charge in [0.2, 0.25) is 5.95 Å². The van der Waals surface area contributed by atoms with Gasteiger partial charge in [0.1, 0.15) is 10.6 Å². The van der Waals surface area contributed by atoms with Crippen molar-refractivity contribution in [3.05, 3.63) is 56.6 Å². The molecule has 1 aromatic carbocycles. The quantitative estimate of drug-likeness (QED) is 0.489. The predicted molar refractivity (Wildman–Crippen MR) is 118 cm³/mol. The molecule has 29 heavy (non-hydrogen) atoms. The number of nitrogens with one attached hydrogen (secondary N) is 1. The Balaban J connectivity index is 2.18. The number of fused-ring (bicyclic) bond motifs is 3. The van der Waals surface area contributed by atoms with Gasteiger partial charge in [-0.2, -0.15) is 0 Å². The number of anilines is 1. The summed E-state index contributed by atoms with van der Waals surface area (Å²) in [5.41, 5.74) is 2.40. The number of hydrogen-bond donors (Lipinski definition) is 1. The third-order valence-corrected chi connectivity index (χ3v) is 5.99. The molecule has 0 unspecified atom stereocenters. The highest BCUT2D eigenvalue weighted by molar-refractivity contribution is 7.18. The lowest BCUT2D eigenvalue weighted by atomic mass is 10.1. The highest BCUT2D eigenvalue weighted by Gasteiger charge is 2.22. The molecule has 0 spiro atoms. The van der Waals surface area contributed by atoms with Crippen LogP contribution in [0, 0.1) is 26.6 Å². The number of aryl methyl sites for hydroxylation is 3. The van der Waals surface area contributed by atoms with Crippen LogP contribution in [0.3, 0.4) is 0 Å². The number of pyridine rings is 1. The first-order valence-electron chi connectivity index (χ1n) is 9.44. The number of halogens is 1. The summed E-state index contributed by atoms with van der Waals surface area (Å²) >= 11 is 1.61. The van der Waals surface area contributed by atoms with E-state index in [1.54, 1.807) is 23.5 Å². The Morgan fingerprint density at radius 3 is 2.31 bits per heavy atom. The van der Waals surface area contributed by atoms with Crippen LogP contribution >= 0.6 is 11.3 Å². The van der Waals surface area contributed by atoms with E-state index in [1.807, 2.05) is 34.6 Å². The third-order valence-electron chi connectivity index (χ3n) is 4.89. The summed E-state index contributed by atoms with van der Waals surface area (Å²) in [6.45, 7) is 11.9. The molecule has 0 aliphatic rings. The van der Waals surface area contributed by atoms with E-state index in [0.29, 0.717) is 28.2 Å². The van der Waals surface area contributed by atoms with E-state index in [-0.39, 0.29) is 16.9 Å². The van der Waals surface area contributed by atoms with Crippen LogP contribution in [0.15, 0.2) is 29.1 Å². The average molecular weight is 411 g/mol. The van der Waals surface area contributed by atoms with Crippen LogP contribution in [0.1, 0.15) is 36.9 Å². The van der Waals surface area contributed by atoms with Crippen LogP contribution in [0.4, 0.5) is 10.3 Å². The molecule has 0 saturated carbocycles. The zero-order chi connectivity index (χ0) is 21.1. The minimum Gasteiger partial charge on any atom is -0.351 e. The van der Waals surface area contributed by atoms with Gasteiger partial charge in [0.25, 0.3) is 5.56 Å². The van der Waals surface area contributed by atoms with Gasteiger partial charge in [0.15, 0.2) is 0 Å². The lowest BCUT2D eigenvalue weighted by Gasteiger charge is -2.24. The van der Waals surface area contributed by atoms with Crippen molar-refractivity contribution in [3.8, 4) is 5.69 Å². The van der Waals surface area contributed by atoms with Gasteiger partial charge >= 0.3 is 0 Å². The first-order chi connectivity index (χ1) is 13.6. The van der Waals surface area contributed by atoms with Crippen molar-refractivity contribution in [1.82, 2.24) is 14.5 Å². The number of nitrogens with zero attached hydrogens (tertiary/aromatic N) is 3. The number of aromatic nitrogens is 3. The Morgan fingerprint density at radius 2 is 1.69 bits per heavy atom. The topological polar surface area (TPSA) is 59.8 Å². The van der Waals surface area contributed by atoms with Gasteiger partial charge in [-0.25, -0.2) is 18.9 Å². The number of rotatable bonds is 2. The Kier molecular flexibility index (Phi) is 4.46. The van der Waals surface area contributed by atoms with Gasteiger partial charge in [0, 0.05) is 15.8 Å². The Bertz CT molecular complexity index is 1310. The molecule has 3 heterocycles. The molecule has 5 nitrogen and oxygen atoms in total. The second-order valence-corrected chi connectivity index (χ2v) is 9.51. The van der Waals surface area contributed by atoms with Crippen molar-refractivity contribution in [3.63, 3.8) is 0 Å². The molecule has 4 aromatic rings. The fraction of sp³-hybridized carbons (Fsp3) is 0.318. The average Bonchev–Trinajstić information content (AvgIpc) is 2.88. The van der Waals surface area contributed by atoms with Crippen LogP contribution in [-0.2, 0) is 0 Å². The van der Waals surface area contributed by atoms with Crippen molar-refractivity contribution < 1.29 is 4.39 Å². The number of hydrogen-bond acceptors (Lipinski definition) is 5.